The summed E-state index contributed by atoms with van der Waals surface area (Å²) in [5.41, 5.74) is 0.478. The van der Waals surface area contributed by atoms with E-state index in [1.54, 1.807) is 24.5 Å². The van der Waals surface area contributed by atoms with Gasteiger partial charge in [0.2, 0.25) is 12.7 Å². The van der Waals surface area contributed by atoms with E-state index >= 15 is 0 Å². The molecule has 1 saturated heterocycles. The Bertz CT molecular complexity index is 828. The van der Waals surface area contributed by atoms with Crippen LogP contribution < -0.4 is 19.7 Å². The minimum Gasteiger partial charge on any atom is -0.454 e. The molecule has 1 aromatic heterocycles. The Kier molecular flexibility index (Phi) is 5.78. The topological polar surface area (TPSA) is 79.8 Å². The van der Waals surface area contributed by atoms with Crippen LogP contribution >= 0.6 is 11.6 Å². The molecule has 0 spiro atoms. The van der Waals surface area contributed by atoms with Crippen molar-refractivity contribution in [2.45, 2.75) is 6.42 Å². The van der Waals surface area contributed by atoms with E-state index < -0.39 is 0 Å². The molecule has 1 amide bonds. The van der Waals surface area contributed by atoms with Gasteiger partial charge in [0.15, 0.2) is 11.5 Å². The van der Waals surface area contributed by atoms with Gasteiger partial charge in [-0.2, -0.15) is 0 Å². The quantitative estimate of drug-likeness (QED) is 0.736. The van der Waals surface area contributed by atoms with Crippen LogP contribution in [0, 0.1) is 0 Å². The molecule has 2 aromatic rings. The Morgan fingerprint density at radius 2 is 1.93 bits per heavy atom. The van der Waals surface area contributed by atoms with E-state index in [9.17, 15) is 4.79 Å². The largest absolute Gasteiger partial charge is 0.454 e. The lowest BCUT2D eigenvalue weighted by molar-refractivity contribution is 0.0951. The highest BCUT2D eigenvalue weighted by molar-refractivity contribution is 6.32. The average Bonchev–Trinajstić information content (AvgIpc) is 3.21. The molecule has 2 aliphatic rings. The summed E-state index contributed by atoms with van der Waals surface area (Å²) in [6, 6.07) is 5.09. The molecular weight excluding hydrogens is 382 g/mol. The van der Waals surface area contributed by atoms with Gasteiger partial charge in [-0.3, -0.25) is 9.69 Å². The number of fused-ring (bicyclic) bond motifs is 1. The van der Waals surface area contributed by atoms with Crippen molar-refractivity contribution in [3.05, 3.63) is 41.2 Å². The molecule has 4 rings (SSSR count). The molecule has 0 bridgehead atoms. The lowest BCUT2D eigenvalue weighted by Crippen LogP contribution is -2.47. The molecule has 2 aliphatic heterocycles. The third-order valence-electron chi connectivity index (χ3n) is 4.83. The summed E-state index contributed by atoms with van der Waals surface area (Å²) < 4.78 is 10.6. The van der Waals surface area contributed by atoms with E-state index in [1.165, 1.54) is 0 Å². The number of rotatable bonds is 6. The maximum Gasteiger partial charge on any atom is 0.251 e. The molecule has 1 aromatic carbocycles. The molecule has 28 heavy (non-hydrogen) atoms. The van der Waals surface area contributed by atoms with Crippen LogP contribution in [0.4, 0.5) is 5.95 Å². The highest BCUT2D eigenvalue weighted by Gasteiger charge is 2.21. The second kappa shape index (κ2) is 8.62. The number of piperazine rings is 1. The molecule has 0 aliphatic carbocycles. The third kappa shape index (κ3) is 4.28. The number of amides is 1. The van der Waals surface area contributed by atoms with Crippen molar-refractivity contribution >= 4 is 23.5 Å². The second-order valence-electron chi connectivity index (χ2n) is 6.68. The van der Waals surface area contributed by atoms with E-state index in [-0.39, 0.29) is 12.7 Å². The van der Waals surface area contributed by atoms with Gasteiger partial charge in [0.05, 0.1) is 5.02 Å². The van der Waals surface area contributed by atoms with Crippen LogP contribution in [0.3, 0.4) is 0 Å². The number of aromatic nitrogens is 2. The van der Waals surface area contributed by atoms with Gasteiger partial charge >= 0.3 is 0 Å². The summed E-state index contributed by atoms with van der Waals surface area (Å²) >= 11 is 6.13. The number of halogens is 1. The molecule has 0 unspecified atom stereocenters. The number of carbonyl (C=O) groups is 1. The maximum atomic E-state index is 12.3. The first-order chi connectivity index (χ1) is 13.7. The minimum absolute atomic E-state index is 0.129. The SMILES string of the molecule is O=C(NCCCN1CCN(c2ncccn2)CC1)c1cc(Cl)c2c(c1)OCO2. The molecule has 0 saturated carbocycles. The van der Waals surface area contributed by atoms with Crippen LogP contribution in [0.5, 0.6) is 11.5 Å². The van der Waals surface area contributed by atoms with Crippen molar-refractivity contribution in [1.82, 2.24) is 20.2 Å². The molecule has 8 nitrogen and oxygen atoms in total. The predicted octanol–water partition coefficient (Wildman–Crippen LogP) is 1.80. The Morgan fingerprint density at radius 1 is 1.14 bits per heavy atom. The molecule has 0 atom stereocenters. The monoisotopic (exact) mass is 403 g/mol. The van der Waals surface area contributed by atoms with Gasteiger partial charge in [0, 0.05) is 50.7 Å². The van der Waals surface area contributed by atoms with Crippen molar-refractivity contribution in [2.75, 3.05) is 51.0 Å². The summed E-state index contributed by atoms with van der Waals surface area (Å²) in [5.74, 6) is 1.64. The van der Waals surface area contributed by atoms with E-state index in [2.05, 4.69) is 25.1 Å². The van der Waals surface area contributed by atoms with Gasteiger partial charge in [-0.25, -0.2) is 9.97 Å². The van der Waals surface area contributed by atoms with Crippen LogP contribution in [0.1, 0.15) is 16.8 Å². The van der Waals surface area contributed by atoms with Gasteiger partial charge in [0.25, 0.3) is 5.91 Å². The highest BCUT2D eigenvalue weighted by atomic mass is 35.5. The summed E-state index contributed by atoms with van der Waals surface area (Å²) in [6.45, 7) is 5.41. The summed E-state index contributed by atoms with van der Waals surface area (Å²) in [5, 5.41) is 3.33. The molecule has 148 valence electrons. The fourth-order valence-electron chi connectivity index (χ4n) is 3.33. The van der Waals surface area contributed by atoms with Crippen molar-refractivity contribution in [3.8, 4) is 11.5 Å². The number of nitrogens with zero attached hydrogens (tertiary/aromatic N) is 4. The van der Waals surface area contributed by atoms with E-state index in [1.807, 2.05) is 6.07 Å². The summed E-state index contributed by atoms with van der Waals surface area (Å²) in [7, 11) is 0. The van der Waals surface area contributed by atoms with Gasteiger partial charge in [0.1, 0.15) is 0 Å². The predicted molar refractivity (Wildman–Crippen MR) is 105 cm³/mol. The van der Waals surface area contributed by atoms with E-state index in [0.717, 1.165) is 45.1 Å². The fraction of sp³-hybridized carbons (Fsp3) is 0.421. The third-order valence-corrected chi connectivity index (χ3v) is 5.11. The van der Waals surface area contributed by atoms with Gasteiger partial charge < -0.3 is 19.7 Å². The van der Waals surface area contributed by atoms with Crippen LogP contribution in [0.2, 0.25) is 5.02 Å². The number of ether oxygens (including phenoxy) is 2. The number of nitrogens with one attached hydrogen (secondary N) is 1. The number of benzene rings is 1. The maximum absolute atomic E-state index is 12.3. The minimum atomic E-state index is -0.161. The smallest absolute Gasteiger partial charge is 0.251 e. The molecule has 3 heterocycles. The number of anilines is 1. The van der Waals surface area contributed by atoms with E-state index in [4.69, 9.17) is 21.1 Å². The summed E-state index contributed by atoms with van der Waals surface area (Å²) in [6.07, 6.45) is 4.42. The van der Waals surface area contributed by atoms with Crippen LogP contribution in [0.15, 0.2) is 30.6 Å². The van der Waals surface area contributed by atoms with Crippen molar-refractivity contribution in [1.29, 1.82) is 0 Å². The van der Waals surface area contributed by atoms with Crippen molar-refractivity contribution < 1.29 is 14.3 Å². The van der Waals surface area contributed by atoms with Gasteiger partial charge in [-0.1, -0.05) is 11.6 Å². The first-order valence-corrected chi connectivity index (χ1v) is 9.70. The molecular formula is C19H22ClN5O3. The zero-order valence-corrected chi connectivity index (χ0v) is 16.2. The highest BCUT2D eigenvalue weighted by Crippen LogP contribution is 2.39. The van der Waals surface area contributed by atoms with Gasteiger partial charge in [-0.05, 0) is 31.2 Å². The fourth-order valence-corrected chi connectivity index (χ4v) is 3.60. The number of hydrogen-bond donors (Lipinski definition) is 1. The zero-order valence-electron chi connectivity index (χ0n) is 15.4. The Labute approximate surface area is 168 Å². The Balaban J connectivity index is 1.18. The van der Waals surface area contributed by atoms with Crippen molar-refractivity contribution in [3.63, 3.8) is 0 Å². The summed E-state index contributed by atoms with van der Waals surface area (Å²) in [4.78, 5) is 25.5. The Morgan fingerprint density at radius 3 is 2.71 bits per heavy atom. The first kappa shape index (κ1) is 18.8. The van der Waals surface area contributed by atoms with E-state index in [0.29, 0.717) is 28.6 Å². The standard InChI is InChI=1S/C19H22ClN5O3/c20-15-11-14(12-16-17(15)28-13-27-16)18(26)21-5-2-6-24-7-9-25(10-8-24)19-22-3-1-4-23-19/h1,3-4,11-12H,2,5-10,13H2,(H,21,26). The van der Waals surface area contributed by atoms with Crippen LogP contribution in [-0.2, 0) is 0 Å². The molecule has 1 fully saturated rings. The molecule has 0 radical (unpaired) electrons. The van der Waals surface area contributed by atoms with Crippen molar-refractivity contribution in [2.24, 2.45) is 0 Å². The first-order valence-electron chi connectivity index (χ1n) is 9.32. The van der Waals surface area contributed by atoms with Crippen LogP contribution in [-0.4, -0.2) is 66.8 Å². The van der Waals surface area contributed by atoms with Crippen LogP contribution in [0.25, 0.3) is 0 Å². The Hall–Kier alpha value is -2.58. The number of hydrogen-bond acceptors (Lipinski definition) is 7. The number of carbonyl (C=O) groups excluding carboxylic acids is 1. The molecule has 9 heteroatoms. The normalized spacial score (nSPS) is 16.2. The lowest BCUT2D eigenvalue weighted by atomic mass is 10.2. The molecule has 1 N–H and O–H groups in total. The van der Waals surface area contributed by atoms with Gasteiger partial charge in [-0.15, -0.1) is 0 Å². The lowest BCUT2D eigenvalue weighted by Gasteiger charge is -2.34. The zero-order chi connectivity index (χ0) is 19.3. The second-order valence-corrected chi connectivity index (χ2v) is 7.09. The average molecular weight is 404 g/mol.